The molecule has 0 heterocycles. The highest BCUT2D eigenvalue weighted by atomic mass is 32.1. The van der Waals surface area contributed by atoms with Gasteiger partial charge in [0.15, 0.2) is 0 Å². The third kappa shape index (κ3) is 3.18. The molecular weight excluding hydrogens is 226 g/mol. The van der Waals surface area contributed by atoms with Crippen LogP contribution in [0.15, 0.2) is 9.81 Å². The van der Waals surface area contributed by atoms with Crippen molar-refractivity contribution in [3.05, 3.63) is 9.81 Å². The lowest BCUT2D eigenvalue weighted by atomic mass is 10.4. The molecule has 0 bridgehead atoms. The standard InChI is InChI=1S/C4H2F6S2/c5-3(6,7)1(11)2(12)4(8,9)10/h11-12H/b2-1-. The lowest BCUT2D eigenvalue weighted by Crippen LogP contribution is -2.16. The summed E-state index contributed by atoms with van der Waals surface area (Å²) in [7, 11) is 0. The van der Waals surface area contributed by atoms with Crippen LogP contribution in [0.25, 0.3) is 0 Å². The van der Waals surface area contributed by atoms with E-state index in [0.717, 1.165) is 0 Å². The van der Waals surface area contributed by atoms with E-state index in [1.54, 1.807) is 0 Å². The van der Waals surface area contributed by atoms with Gasteiger partial charge < -0.3 is 0 Å². The maximum Gasteiger partial charge on any atom is 0.423 e. The zero-order valence-corrected chi connectivity index (χ0v) is 6.95. The van der Waals surface area contributed by atoms with Crippen molar-refractivity contribution in [2.45, 2.75) is 12.4 Å². The molecule has 0 aliphatic rings. The van der Waals surface area contributed by atoms with Crippen LogP contribution < -0.4 is 0 Å². The Morgan fingerprint density at radius 1 is 0.667 bits per heavy atom. The summed E-state index contributed by atoms with van der Waals surface area (Å²) >= 11 is 5.31. The average Bonchev–Trinajstić information content (AvgIpc) is 1.80. The first-order chi connectivity index (χ1) is 5.07. The van der Waals surface area contributed by atoms with Gasteiger partial charge in [-0.2, -0.15) is 26.3 Å². The first kappa shape index (κ1) is 12.0. The molecule has 0 aromatic carbocycles. The van der Waals surface area contributed by atoms with Gasteiger partial charge in [-0.05, 0) is 0 Å². The Labute approximate surface area is 74.4 Å². The summed E-state index contributed by atoms with van der Waals surface area (Å²) in [5.74, 6) is 0. The van der Waals surface area contributed by atoms with Crippen molar-refractivity contribution >= 4 is 25.3 Å². The normalized spacial score (nSPS) is 16.0. The van der Waals surface area contributed by atoms with Crippen molar-refractivity contribution in [3.63, 3.8) is 0 Å². The van der Waals surface area contributed by atoms with Gasteiger partial charge in [-0.25, -0.2) is 0 Å². The summed E-state index contributed by atoms with van der Waals surface area (Å²) in [5, 5.41) is 0. The molecule has 0 atom stereocenters. The van der Waals surface area contributed by atoms with Gasteiger partial charge >= 0.3 is 12.4 Å². The Hall–Kier alpha value is 0.0200. The fourth-order valence-corrected chi connectivity index (χ4v) is 0.522. The number of alkyl halides is 6. The van der Waals surface area contributed by atoms with Crippen LogP contribution in [-0.4, -0.2) is 12.4 Å². The number of allylic oxidation sites excluding steroid dienone is 2. The van der Waals surface area contributed by atoms with Crippen LogP contribution in [0.3, 0.4) is 0 Å². The molecule has 0 radical (unpaired) electrons. The van der Waals surface area contributed by atoms with E-state index < -0.39 is 22.2 Å². The highest BCUT2D eigenvalue weighted by Gasteiger charge is 2.42. The first-order valence-electron chi connectivity index (χ1n) is 2.33. The van der Waals surface area contributed by atoms with E-state index in [-0.39, 0.29) is 0 Å². The summed E-state index contributed by atoms with van der Waals surface area (Å²) in [6.45, 7) is 0. The predicted octanol–water partition coefficient (Wildman–Crippen LogP) is 3.18. The van der Waals surface area contributed by atoms with E-state index in [1.807, 2.05) is 0 Å². The largest absolute Gasteiger partial charge is 0.423 e. The highest BCUT2D eigenvalue weighted by molar-refractivity contribution is 7.88. The van der Waals surface area contributed by atoms with Crippen LogP contribution in [0.2, 0.25) is 0 Å². The maximum atomic E-state index is 11.5. The second-order valence-corrected chi connectivity index (χ2v) is 2.59. The van der Waals surface area contributed by atoms with Gasteiger partial charge in [-0.15, -0.1) is 25.3 Å². The number of thiol groups is 2. The van der Waals surface area contributed by atoms with Crippen molar-refractivity contribution in [3.8, 4) is 0 Å². The molecule has 0 unspecified atom stereocenters. The maximum absolute atomic E-state index is 11.5. The van der Waals surface area contributed by atoms with Gasteiger partial charge in [0.2, 0.25) is 0 Å². The zero-order valence-electron chi connectivity index (χ0n) is 5.16. The smallest absolute Gasteiger partial charge is 0.166 e. The van der Waals surface area contributed by atoms with Gasteiger partial charge in [0.1, 0.15) is 9.81 Å². The van der Waals surface area contributed by atoms with Crippen LogP contribution in [0.5, 0.6) is 0 Å². The summed E-state index contributed by atoms with van der Waals surface area (Å²) in [5.41, 5.74) is 0. The van der Waals surface area contributed by atoms with E-state index in [4.69, 9.17) is 0 Å². The fraction of sp³-hybridized carbons (Fsp3) is 0.500. The Morgan fingerprint density at radius 2 is 0.833 bits per heavy atom. The lowest BCUT2D eigenvalue weighted by Gasteiger charge is -2.11. The molecule has 0 fully saturated rings. The number of hydrogen-bond acceptors (Lipinski definition) is 2. The quantitative estimate of drug-likeness (QED) is 0.461. The minimum atomic E-state index is -5.12. The van der Waals surface area contributed by atoms with Crippen LogP contribution in [-0.2, 0) is 0 Å². The molecule has 0 aromatic heterocycles. The zero-order chi connectivity index (χ0) is 10.2. The molecule has 0 aromatic rings. The molecule has 0 spiro atoms. The molecule has 8 heteroatoms. The molecule has 0 saturated heterocycles. The second kappa shape index (κ2) is 3.41. The van der Waals surface area contributed by atoms with Crippen LogP contribution >= 0.6 is 25.3 Å². The molecule has 0 saturated carbocycles. The van der Waals surface area contributed by atoms with E-state index in [1.165, 1.54) is 0 Å². The Kier molecular flexibility index (Phi) is 3.41. The molecular formula is C4H2F6S2. The lowest BCUT2D eigenvalue weighted by molar-refractivity contribution is -0.103. The van der Waals surface area contributed by atoms with Crippen LogP contribution in [0, 0.1) is 0 Å². The summed E-state index contributed by atoms with van der Waals surface area (Å²) in [6, 6.07) is 0. The Bertz CT molecular complexity index is 177. The van der Waals surface area contributed by atoms with Crippen LogP contribution in [0.1, 0.15) is 0 Å². The summed E-state index contributed by atoms with van der Waals surface area (Å²) in [6.07, 6.45) is -10.2. The van der Waals surface area contributed by atoms with E-state index in [2.05, 4.69) is 25.3 Å². The average molecular weight is 228 g/mol. The molecule has 0 rings (SSSR count). The van der Waals surface area contributed by atoms with Gasteiger partial charge in [-0.3, -0.25) is 0 Å². The molecule has 0 amide bonds. The van der Waals surface area contributed by atoms with Crippen molar-refractivity contribution < 1.29 is 26.3 Å². The minimum absolute atomic E-state index is 2.04. The molecule has 0 N–H and O–H groups in total. The fourth-order valence-electron chi connectivity index (χ4n) is 0.269. The second-order valence-electron chi connectivity index (χ2n) is 1.69. The van der Waals surface area contributed by atoms with Crippen molar-refractivity contribution in [2.75, 3.05) is 0 Å². The van der Waals surface area contributed by atoms with Crippen LogP contribution in [0.4, 0.5) is 26.3 Å². The van der Waals surface area contributed by atoms with Gasteiger partial charge in [-0.1, -0.05) is 0 Å². The molecule has 72 valence electrons. The number of hydrogen-bond donors (Lipinski definition) is 2. The predicted molar refractivity (Wildman–Crippen MR) is 37.1 cm³/mol. The third-order valence-electron chi connectivity index (χ3n) is 0.761. The molecule has 0 aliphatic heterocycles. The number of halogens is 6. The SMILES string of the molecule is FC(F)(F)/C(S)=C(/S)C(F)(F)F. The third-order valence-corrected chi connectivity index (χ3v) is 1.89. The van der Waals surface area contributed by atoms with E-state index in [9.17, 15) is 26.3 Å². The highest BCUT2D eigenvalue weighted by Crippen LogP contribution is 2.39. The Balaban J connectivity index is 4.96. The monoisotopic (exact) mass is 228 g/mol. The van der Waals surface area contributed by atoms with E-state index in [0.29, 0.717) is 0 Å². The van der Waals surface area contributed by atoms with Crippen molar-refractivity contribution in [1.29, 1.82) is 0 Å². The van der Waals surface area contributed by atoms with Gasteiger partial charge in [0, 0.05) is 0 Å². The van der Waals surface area contributed by atoms with Crippen molar-refractivity contribution in [2.24, 2.45) is 0 Å². The van der Waals surface area contributed by atoms with Crippen molar-refractivity contribution in [1.82, 2.24) is 0 Å². The van der Waals surface area contributed by atoms with Gasteiger partial charge in [0.05, 0.1) is 0 Å². The topological polar surface area (TPSA) is 0 Å². The minimum Gasteiger partial charge on any atom is -0.166 e. The Morgan fingerprint density at radius 3 is 0.917 bits per heavy atom. The van der Waals surface area contributed by atoms with Gasteiger partial charge in [0.25, 0.3) is 0 Å². The molecule has 0 nitrogen and oxygen atoms in total. The summed E-state index contributed by atoms with van der Waals surface area (Å²) in [4.78, 5) is -4.09. The van der Waals surface area contributed by atoms with E-state index >= 15 is 0 Å². The molecule has 12 heavy (non-hydrogen) atoms. The molecule has 0 aliphatic carbocycles. The first-order valence-corrected chi connectivity index (χ1v) is 3.23. The summed E-state index contributed by atoms with van der Waals surface area (Å²) < 4.78 is 69.3. The number of rotatable bonds is 0.